The number of nitrogens with zero attached hydrogens (tertiary/aromatic N) is 1. The number of rotatable bonds is 6. The number of likely N-dealkylation sites (N-methyl/N-ethyl adjacent to an activating group) is 1. The van der Waals surface area contributed by atoms with E-state index in [1.807, 2.05) is 12.1 Å². The molecule has 0 bridgehead atoms. The monoisotopic (exact) mass is 474 g/mol. The lowest BCUT2D eigenvalue weighted by Gasteiger charge is -2.36. The Balaban J connectivity index is 1.82. The minimum Gasteiger partial charge on any atom is -0.358 e. The molecule has 2 atom stereocenters. The standard InChI is InChI=1S/C24H24ClFN2O3S/c1-3-13-28(2)23(29)24(26,32(30,31)18-7-5-4-6-8-18)16-9-11-19-20-15-17(25)10-12-21(20)27-22(19)14-16/h3-8,10,12,15-16,27H,1,9,11,13-14H2,2H3. The van der Waals surface area contributed by atoms with E-state index in [0.29, 0.717) is 11.4 Å². The van der Waals surface area contributed by atoms with Gasteiger partial charge in [-0.1, -0.05) is 35.9 Å². The SMILES string of the molecule is C=CCN(C)C(=O)C(F)(C1CCc2c([nH]c3ccc(Cl)cc23)C1)S(=O)(=O)c1ccccc1. The van der Waals surface area contributed by atoms with Crippen LogP contribution in [0.2, 0.25) is 5.02 Å². The van der Waals surface area contributed by atoms with Gasteiger partial charge in [-0.2, -0.15) is 0 Å². The summed E-state index contributed by atoms with van der Waals surface area (Å²) in [5.41, 5.74) is 2.58. The van der Waals surface area contributed by atoms with Crippen molar-refractivity contribution in [2.75, 3.05) is 13.6 Å². The van der Waals surface area contributed by atoms with Gasteiger partial charge in [-0.05, 0) is 55.2 Å². The average molecular weight is 475 g/mol. The van der Waals surface area contributed by atoms with Gasteiger partial charge < -0.3 is 9.88 Å². The largest absolute Gasteiger partial charge is 0.358 e. The topological polar surface area (TPSA) is 70.2 Å². The molecule has 4 rings (SSSR count). The number of amides is 1. The van der Waals surface area contributed by atoms with Gasteiger partial charge >= 0.3 is 0 Å². The van der Waals surface area contributed by atoms with E-state index in [1.165, 1.54) is 37.4 Å². The van der Waals surface area contributed by atoms with Crippen molar-refractivity contribution in [3.8, 4) is 0 Å². The van der Waals surface area contributed by atoms with Crippen molar-refractivity contribution in [3.63, 3.8) is 0 Å². The molecule has 5 nitrogen and oxygen atoms in total. The van der Waals surface area contributed by atoms with Gasteiger partial charge in [0.25, 0.3) is 10.9 Å². The smallest absolute Gasteiger partial charge is 0.295 e. The van der Waals surface area contributed by atoms with Crippen molar-refractivity contribution in [3.05, 3.63) is 77.5 Å². The molecule has 2 unspecified atom stereocenters. The molecule has 0 aliphatic heterocycles. The van der Waals surface area contributed by atoms with Gasteiger partial charge in [0.05, 0.1) is 4.90 Å². The Labute approximate surface area is 191 Å². The third-order valence-corrected chi connectivity index (χ3v) is 8.58. The number of halogens is 2. The van der Waals surface area contributed by atoms with E-state index >= 15 is 4.39 Å². The second kappa shape index (κ2) is 8.37. The van der Waals surface area contributed by atoms with Gasteiger partial charge in [0.15, 0.2) is 0 Å². The molecule has 1 N–H and O–H groups in total. The molecule has 168 valence electrons. The van der Waals surface area contributed by atoms with Crippen molar-refractivity contribution >= 4 is 38.2 Å². The Kier molecular flexibility index (Phi) is 5.90. The molecule has 0 saturated carbocycles. The molecule has 8 heteroatoms. The van der Waals surface area contributed by atoms with Crippen LogP contribution in [0.3, 0.4) is 0 Å². The van der Waals surface area contributed by atoms with Crippen LogP contribution in [0.1, 0.15) is 17.7 Å². The van der Waals surface area contributed by atoms with E-state index in [1.54, 1.807) is 12.1 Å². The Morgan fingerprint density at radius 3 is 2.72 bits per heavy atom. The number of carbonyl (C=O) groups is 1. The number of aromatic amines is 1. The number of hydrogen-bond donors (Lipinski definition) is 1. The molecule has 3 aromatic rings. The first-order chi connectivity index (χ1) is 15.2. The van der Waals surface area contributed by atoms with E-state index in [2.05, 4.69) is 11.6 Å². The maximum Gasteiger partial charge on any atom is 0.295 e. The molecule has 2 aromatic carbocycles. The first-order valence-electron chi connectivity index (χ1n) is 10.3. The summed E-state index contributed by atoms with van der Waals surface area (Å²) in [5.74, 6) is -2.13. The number of carbonyl (C=O) groups excluding carboxylic acids is 1. The summed E-state index contributed by atoms with van der Waals surface area (Å²) in [6, 6.07) is 12.8. The van der Waals surface area contributed by atoms with Crippen molar-refractivity contribution in [1.82, 2.24) is 9.88 Å². The molecule has 1 amide bonds. The second-order valence-corrected chi connectivity index (χ2v) is 10.7. The lowest BCUT2D eigenvalue weighted by atomic mass is 9.83. The zero-order valence-corrected chi connectivity index (χ0v) is 19.2. The van der Waals surface area contributed by atoms with Crippen molar-refractivity contribution in [2.24, 2.45) is 5.92 Å². The van der Waals surface area contributed by atoms with Crippen LogP contribution in [0.25, 0.3) is 10.9 Å². The number of benzene rings is 2. The maximum atomic E-state index is 16.9. The number of H-pyrrole nitrogens is 1. The second-order valence-electron chi connectivity index (χ2n) is 8.15. The zero-order chi connectivity index (χ0) is 23.1. The highest BCUT2D eigenvalue weighted by atomic mass is 35.5. The lowest BCUT2D eigenvalue weighted by molar-refractivity contribution is -0.139. The van der Waals surface area contributed by atoms with Gasteiger partial charge in [-0.15, -0.1) is 6.58 Å². The van der Waals surface area contributed by atoms with Gasteiger partial charge in [0.1, 0.15) is 0 Å². The molecule has 0 radical (unpaired) electrons. The Morgan fingerprint density at radius 1 is 1.31 bits per heavy atom. The van der Waals surface area contributed by atoms with Crippen molar-refractivity contribution in [1.29, 1.82) is 0 Å². The van der Waals surface area contributed by atoms with Crippen molar-refractivity contribution in [2.45, 2.75) is 29.2 Å². The zero-order valence-electron chi connectivity index (χ0n) is 17.6. The number of alkyl halides is 1. The molecule has 1 aliphatic rings. The van der Waals surface area contributed by atoms with E-state index < -0.39 is 26.7 Å². The van der Waals surface area contributed by atoms with E-state index in [9.17, 15) is 13.2 Å². The van der Waals surface area contributed by atoms with E-state index in [4.69, 9.17) is 11.6 Å². The summed E-state index contributed by atoms with van der Waals surface area (Å²) < 4.78 is 44.0. The number of aryl methyl sites for hydroxylation is 1. The van der Waals surface area contributed by atoms with Crippen LogP contribution in [-0.2, 0) is 27.5 Å². The quantitative estimate of drug-likeness (QED) is 0.526. The van der Waals surface area contributed by atoms with Crippen LogP contribution in [0, 0.1) is 5.92 Å². The van der Waals surface area contributed by atoms with Gasteiger partial charge in [-0.25, -0.2) is 12.8 Å². The summed E-state index contributed by atoms with van der Waals surface area (Å²) in [4.78, 5) is 17.4. The Morgan fingerprint density at radius 2 is 2.03 bits per heavy atom. The normalized spacial score (nSPS) is 18.0. The first kappa shape index (κ1) is 22.6. The lowest BCUT2D eigenvalue weighted by Crippen LogP contribution is -2.55. The summed E-state index contributed by atoms with van der Waals surface area (Å²) in [5, 5.41) is -1.58. The average Bonchev–Trinajstić information content (AvgIpc) is 3.15. The molecule has 1 aromatic heterocycles. The molecular weight excluding hydrogens is 451 g/mol. The Bertz CT molecular complexity index is 1290. The number of nitrogens with one attached hydrogen (secondary N) is 1. The number of hydrogen-bond acceptors (Lipinski definition) is 3. The predicted molar refractivity (Wildman–Crippen MR) is 124 cm³/mol. The fraction of sp³-hybridized carbons (Fsp3) is 0.292. The third kappa shape index (κ3) is 3.53. The number of sulfone groups is 1. The van der Waals surface area contributed by atoms with E-state index in [0.717, 1.165) is 27.1 Å². The minimum absolute atomic E-state index is 0.0394. The maximum absolute atomic E-state index is 16.9. The van der Waals surface area contributed by atoms with Crippen LogP contribution in [-0.4, -0.2) is 42.8 Å². The Hall–Kier alpha value is -2.64. The third-order valence-electron chi connectivity index (χ3n) is 6.16. The fourth-order valence-electron chi connectivity index (χ4n) is 4.54. The van der Waals surface area contributed by atoms with Crippen LogP contribution in [0.15, 0.2) is 66.1 Å². The van der Waals surface area contributed by atoms with Crippen molar-refractivity contribution < 1.29 is 17.6 Å². The van der Waals surface area contributed by atoms with Crippen LogP contribution in [0.5, 0.6) is 0 Å². The summed E-state index contributed by atoms with van der Waals surface area (Å²) in [7, 11) is -3.24. The summed E-state index contributed by atoms with van der Waals surface area (Å²) in [6.45, 7) is 3.62. The molecule has 32 heavy (non-hydrogen) atoms. The van der Waals surface area contributed by atoms with Crippen LogP contribution < -0.4 is 0 Å². The first-order valence-corrected chi connectivity index (χ1v) is 12.2. The van der Waals surface area contributed by atoms with Crippen LogP contribution in [0.4, 0.5) is 4.39 Å². The summed E-state index contributed by atoms with van der Waals surface area (Å²) in [6.07, 6.45) is 2.18. The minimum atomic E-state index is -4.63. The highest BCUT2D eigenvalue weighted by molar-refractivity contribution is 7.93. The molecule has 1 heterocycles. The number of aromatic nitrogens is 1. The van der Waals surface area contributed by atoms with Gasteiger partial charge in [-0.3, -0.25) is 4.79 Å². The molecular formula is C24H24ClFN2O3S. The predicted octanol–water partition coefficient (Wildman–Crippen LogP) is 4.71. The van der Waals surface area contributed by atoms with E-state index in [-0.39, 0.29) is 24.3 Å². The summed E-state index contributed by atoms with van der Waals surface area (Å²) >= 11 is 6.14. The number of fused-ring (bicyclic) bond motifs is 3. The molecule has 0 saturated heterocycles. The van der Waals surface area contributed by atoms with Gasteiger partial charge in [0, 0.05) is 41.1 Å². The van der Waals surface area contributed by atoms with Gasteiger partial charge in [0.2, 0.25) is 9.84 Å². The molecule has 1 aliphatic carbocycles. The molecule has 0 fully saturated rings. The fourth-order valence-corrected chi connectivity index (χ4v) is 6.59. The highest BCUT2D eigenvalue weighted by Gasteiger charge is 2.59. The molecule has 0 spiro atoms. The van der Waals surface area contributed by atoms with Crippen LogP contribution >= 0.6 is 11.6 Å². The highest BCUT2D eigenvalue weighted by Crippen LogP contribution is 2.44.